The number of piperidine rings is 1. The van der Waals surface area contributed by atoms with E-state index < -0.39 is 10.8 Å². The molecule has 0 aliphatic carbocycles. The molecule has 0 saturated carbocycles. The maximum absolute atomic E-state index is 14.2. The average molecular weight is 510 g/mol. The molecule has 2 aromatic rings. The van der Waals surface area contributed by atoms with Gasteiger partial charge in [0, 0.05) is 12.0 Å². The SMILES string of the molecule is CC(C)(CNC(=O)CN1CCC2(CCCCc3ccccc3OCCNC2=O)CC1)c1ccccc1F. The molecule has 2 heterocycles. The molecule has 0 atom stereocenters. The molecular weight excluding hydrogens is 469 g/mol. The predicted molar refractivity (Wildman–Crippen MR) is 143 cm³/mol. The van der Waals surface area contributed by atoms with Crippen molar-refractivity contribution in [2.24, 2.45) is 5.41 Å². The summed E-state index contributed by atoms with van der Waals surface area (Å²) in [6, 6.07) is 14.9. The Bertz CT molecular complexity index is 1080. The number of likely N-dealkylation sites (tertiary alicyclic amines) is 1. The van der Waals surface area contributed by atoms with Gasteiger partial charge in [0.2, 0.25) is 11.8 Å². The smallest absolute Gasteiger partial charge is 0.234 e. The number of fused-ring (bicyclic) bond motifs is 1. The Morgan fingerprint density at radius 3 is 2.59 bits per heavy atom. The molecule has 2 aliphatic heterocycles. The summed E-state index contributed by atoms with van der Waals surface area (Å²) < 4.78 is 20.2. The molecule has 1 spiro atoms. The Kier molecular flexibility index (Phi) is 8.85. The lowest BCUT2D eigenvalue weighted by molar-refractivity contribution is -0.135. The Hall–Kier alpha value is -2.93. The highest BCUT2D eigenvalue weighted by Crippen LogP contribution is 2.37. The number of hydrogen-bond donors (Lipinski definition) is 2. The summed E-state index contributed by atoms with van der Waals surface area (Å²) in [5, 5.41) is 6.10. The third-order valence-corrected chi connectivity index (χ3v) is 7.96. The number of rotatable bonds is 5. The van der Waals surface area contributed by atoms with E-state index in [9.17, 15) is 14.0 Å². The molecule has 37 heavy (non-hydrogen) atoms. The van der Waals surface area contributed by atoms with Crippen molar-refractivity contribution in [1.82, 2.24) is 15.5 Å². The number of amides is 2. The molecule has 6 nitrogen and oxygen atoms in total. The second-order valence-corrected chi connectivity index (χ2v) is 11.1. The van der Waals surface area contributed by atoms with E-state index in [1.165, 1.54) is 11.6 Å². The minimum atomic E-state index is -0.511. The fraction of sp³-hybridized carbons (Fsp3) is 0.533. The van der Waals surface area contributed by atoms with E-state index >= 15 is 0 Å². The zero-order valence-corrected chi connectivity index (χ0v) is 22.2. The molecule has 4 rings (SSSR count). The van der Waals surface area contributed by atoms with Gasteiger partial charge in [-0.3, -0.25) is 14.5 Å². The van der Waals surface area contributed by atoms with E-state index in [1.54, 1.807) is 12.1 Å². The molecular formula is C30H40FN3O3. The number of para-hydroxylation sites is 1. The maximum atomic E-state index is 14.2. The number of nitrogens with zero attached hydrogens (tertiary/aromatic N) is 1. The molecule has 2 aromatic carbocycles. The molecule has 200 valence electrons. The average Bonchev–Trinajstić information content (AvgIpc) is 2.89. The van der Waals surface area contributed by atoms with Crippen LogP contribution in [-0.2, 0) is 21.4 Å². The molecule has 2 amide bonds. The van der Waals surface area contributed by atoms with Gasteiger partial charge >= 0.3 is 0 Å². The molecule has 1 fully saturated rings. The first-order valence-electron chi connectivity index (χ1n) is 13.5. The summed E-state index contributed by atoms with van der Waals surface area (Å²) in [6.45, 7) is 6.86. The summed E-state index contributed by atoms with van der Waals surface area (Å²) in [4.78, 5) is 28.1. The second-order valence-electron chi connectivity index (χ2n) is 11.1. The quantitative estimate of drug-likeness (QED) is 0.633. The molecule has 0 aromatic heterocycles. The van der Waals surface area contributed by atoms with Crippen molar-refractivity contribution >= 4 is 11.8 Å². The van der Waals surface area contributed by atoms with Crippen LogP contribution in [0.15, 0.2) is 48.5 Å². The van der Waals surface area contributed by atoms with E-state index in [0.717, 1.165) is 44.3 Å². The van der Waals surface area contributed by atoms with Crippen LogP contribution < -0.4 is 15.4 Å². The van der Waals surface area contributed by atoms with Crippen LogP contribution in [0.4, 0.5) is 4.39 Å². The van der Waals surface area contributed by atoms with Crippen LogP contribution in [-0.4, -0.2) is 56.0 Å². The van der Waals surface area contributed by atoms with Crippen molar-refractivity contribution in [2.45, 2.75) is 57.8 Å². The van der Waals surface area contributed by atoms with E-state index in [4.69, 9.17) is 4.74 Å². The van der Waals surface area contributed by atoms with Gasteiger partial charge < -0.3 is 15.4 Å². The van der Waals surface area contributed by atoms with E-state index in [2.05, 4.69) is 21.6 Å². The Labute approximate surface area is 220 Å². The van der Waals surface area contributed by atoms with Crippen LogP contribution in [0.2, 0.25) is 0 Å². The number of ether oxygens (including phenoxy) is 1. The van der Waals surface area contributed by atoms with E-state index in [1.807, 2.05) is 38.1 Å². The van der Waals surface area contributed by atoms with Crippen LogP contribution in [0.25, 0.3) is 0 Å². The largest absolute Gasteiger partial charge is 0.491 e. The normalized spacial score (nSPS) is 19.1. The number of benzene rings is 2. The van der Waals surface area contributed by atoms with Gasteiger partial charge in [0.1, 0.15) is 18.2 Å². The van der Waals surface area contributed by atoms with Gasteiger partial charge in [-0.1, -0.05) is 56.7 Å². The molecule has 7 heteroatoms. The summed E-state index contributed by atoms with van der Waals surface area (Å²) in [5.41, 5.74) is 0.918. The maximum Gasteiger partial charge on any atom is 0.234 e. The topological polar surface area (TPSA) is 70.7 Å². The van der Waals surface area contributed by atoms with Gasteiger partial charge in [-0.2, -0.15) is 0 Å². The van der Waals surface area contributed by atoms with Gasteiger partial charge in [0.15, 0.2) is 0 Å². The first-order chi connectivity index (χ1) is 17.8. The zero-order valence-electron chi connectivity index (χ0n) is 22.2. The monoisotopic (exact) mass is 509 g/mol. The Morgan fingerprint density at radius 2 is 1.81 bits per heavy atom. The van der Waals surface area contributed by atoms with E-state index in [0.29, 0.717) is 38.3 Å². The van der Waals surface area contributed by atoms with Crippen LogP contribution in [0.5, 0.6) is 5.75 Å². The van der Waals surface area contributed by atoms with Crippen LogP contribution in [0.3, 0.4) is 0 Å². The predicted octanol–water partition coefficient (Wildman–Crippen LogP) is 4.22. The summed E-state index contributed by atoms with van der Waals surface area (Å²) in [5.74, 6) is 0.699. The molecule has 2 aliphatic rings. The van der Waals surface area contributed by atoms with Gasteiger partial charge in [0.25, 0.3) is 0 Å². The highest BCUT2D eigenvalue weighted by molar-refractivity contribution is 5.83. The van der Waals surface area contributed by atoms with Gasteiger partial charge in [-0.15, -0.1) is 0 Å². The summed E-state index contributed by atoms with van der Waals surface area (Å²) in [6.07, 6.45) is 5.28. The van der Waals surface area contributed by atoms with Crippen LogP contribution in [0, 0.1) is 11.2 Å². The molecule has 0 unspecified atom stereocenters. The number of carbonyl (C=O) groups is 2. The van der Waals surface area contributed by atoms with Crippen molar-refractivity contribution < 1.29 is 18.7 Å². The van der Waals surface area contributed by atoms with Gasteiger partial charge in [-0.25, -0.2) is 4.39 Å². The lowest BCUT2D eigenvalue weighted by Gasteiger charge is -2.41. The third kappa shape index (κ3) is 6.89. The van der Waals surface area contributed by atoms with Crippen LogP contribution in [0.1, 0.15) is 57.1 Å². The molecule has 1 saturated heterocycles. The highest BCUT2D eigenvalue weighted by atomic mass is 19.1. The minimum absolute atomic E-state index is 0.0701. The Morgan fingerprint density at radius 1 is 1.08 bits per heavy atom. The fourth-order valence-corrected chi connectivity index (χ4v) is 5.56. The number of aryl methyl sites for hydroxylation is 1. The highest BCUT2D eigenvalue weighted by Gasteiger charge is 2.41. The molecule has 2 N–H and O–H groups in total. The molecule has 0 bridgehead atoms. The van der Waals surface area contributed by atoms with Crippen molar-refractivity contribution in [2.75, 3.05) is 39.3 Å². The van der Waals surface area contributed by atoms with Crippen molar-refractivity contribution in [1.29, 1.82) is 0 Å². The lowest BCUT2D eigenvalue weighted by atomic mass is 9.73. The number of hydrogen-bond acceptors (Lipinski definition) is 4. The van der Waals surface area contributed by atoms with Gasteiger partial charge in [0.05, 0.1) is 18.5 Å². The third-order valence-electron chi connectivity index (χ3n) is 7.96. The summed E-state index contributed by atoms with van der Waals surface area (Å²) in [7, 11) is 0. The first kappa shape index (κ1) is 27.1. The number of nitrogens with one attached hydrogen (secondary N) is 2. The van der Waals surface area contributed by atoms with Gasteiger partial charge in [-0.05, 0) is 68.5 Å². The van der Waals surface area contributed by atoms with E-state index in [-0.39, 0.29) is 24.2 Å². The fourth-order valence-electron chi connectivity index (χ4n) is 5.56. The van der Waals surface area contributed by atoms with Crippen LogP contribution >= 0.6 is 0 Å². The second kappa shape index (κ2) is 12.1. The molecule has 0 radical (unpaired) electrons. The summed E-state index contributed by atoms with van der Waals surface area (Å²) >= 11 is 0. The zero-order chi connectivity index (χ0) is 26.3. The van der Waals surface area contributed by atoms with Crippen molar-refractivity contribution in [3.05, 3.63) is 65.5 Å². The first-order valence-corrected chi connectivity index (χ1v) is 13.5. The Balaban J connectivity index is 1.29. The standard InChI is InChI=1S/C30H40FN3O3/c1-29(2,24-11-4-5-12-25(24)31)22-33-27(35)21-34-18-15-30(16-19-34)14-8-7-10-23-9-3-6-13-26(23)37-20-17-32-28(30)36/h3-6,9,11-13H,7-8,10,14-22H2,1-2H3,(H,32,36)(H,33,35). The lowest BCUT2D eigenvalue weighted by Crippen LogP contribution is -2.51. The van der Waals surface area contributed by atoms with Crippen molar-refractivity contribution in [3.8, 4) is 5.75 Å². The minimum Gasteiger partial charge on any atom is -0.491 e. The number of carbonyl (C=O) groups excluding carboxylic acids is 2. The number of halogens is 1. The van der Waals surface area contributed by atoms with Crippen molar-refractivity contribution in [3.63, 3.8) is 0 Å².